The molecule has 3 heteroatoms. The molecule has 0 aliphatic carbocycles. The second-order valence-corrected chi connectivity index (χ2v) is 2.44. The summed E-state index contributed by atoms with van der Waals surface area (Å²) in [5.41, 5.74) is 0. The zero-order chi connectivity index (χ0) is 6.69. The van der Waals surface area contributed by atoms with Gasteiger partial charge in [-0.25, -0.2) is 0 Å². The molecular formula is C7H9OPRu. The maximum atomic E-state index is 4.96. The Morgan fingerprint density at radius 1 is 1.20 bits per heavy atom. The Hall–Kier alpha value is 0.0734. The minimum absolute atomic E-state index is 0. The van der Waals surface area contributed by atoms with E-state index >= 15 is 0 Å². The van der Waals surface area contributed by atoms with E-state index in [1.165, 1.54) is 5.30 Å². The summed E-state index contributed by atoms with van der Waals surface area (Å²) in [6, 6.07) is 7.84. The monoisotopic (exact) mass is 242 g/mol. The Kier molecular flexibility index (Phi) is 4.86. The number of rotatable bonds is 1. The molecule has 0 heterocycles. The van der Waals surface area contributed by atoms with Crippen LogP contribution in [0.2, 0.25) is 0 Å². The van der Waals surface area contributed by atoms with Gasteiger partial charge in [-0.05, 0) is 17.4 Å². The van der Waals surface area contributed by atoms with E-state index in [9.17, 15) is 0 Å². The van der Waals surface area contributed by atoms with E-state index in [2.05, 4.69) is 9.24 Å². The molecule has 1 atom stereocenters. The summed E-state index contributed by atoms with van der Waals surface area (Å²) in [5.74, 6) is 0.904. The first-order chi connectivity index (χ1) is 4.33. The summed E-state index contributed by atoms with van der Waals surface area (Å²) in [4.78, 5) is 0. The van der Waals surface area contributed by atoms with Gasteiger partial charge in [0.25, 0.3) is 0 Å². The Morgan fingerprint density at radius 2 is 1.70 bits per heavy atom. The van der Waals surface area contributed by atoms with E-state index < -0.39 is 0 Å². The van der Waals surface area contributed by atoms with Crippen LogP contribution in [0.3, 0.4) is 0 Å². The summed E-state index contributed by atoms with van der Waals surface area (Å²) in [7, 11) is 4.28. The first-order valence-electron chi connectivity index (χ1n) is 2.72. The Bertz CT molecular complexity index is 185. The van der Waals surface area contributed by atoms with Crippen molar-refractivity contribution in [3.8, 4) is 5.75 Å². The SMILES string of the molecule is COc1ccc(P)cc1.[Ru]. The molecule has 0 saturated heterocycles. The third-order valence-electron chi connectivity index (χ3n) is 1.12. The third kappa shape index (κ3) is 2.77. The number of ether oxygens (including phenoxy) is 1. The maximum Gasteiger partial charge on any atom is 0.118 e. The molecule has 1 aromatic rings. The molecule has 0 aromatic heterocycles. The van der Waals surface area contributed by atoms with Crippen LogP contribution in [0.15, 0.2) is 24.3 Å². The maximum absolute atomic E-state index is 4.96. The average Bonchev–Trinajstić information content (AvgIpc) is 1.90. The first-order valence-corrected chi connectivity index (χ1v) is 3.30. The largest absolute Gasteiger partial charge is 0.497 e. The fourth-order valence-electron chi connectivity index (χ4n) is 0.604. The summed E-state index contributed by atoms with van der Waals surface area (Å²) in [5, 5.41) is 1.18. The molecular weight excluding hydrogens is 232 g/mol. The average molecular weight is 241 g/mol. The van der Waals surface area contributed by atoms with Crippen LogP contribution < -0.4 is 10.0 Å². The molecule has 0 radical (unpaired) electrons. The quantitative estimate of drug-likeness (QED) is 0.530. The molecule has 0 bridgehead atoms. The second kappa shape index (κ2) is 4.82. The van der Waals surface area contributed by atoms with Crippen LogP contribution >= 0.6 is 9.24 Å². The number of hydrogen-bond acceptors (Lipinski definition) is 1. The van der Waals surface area contributed by atoms with Crippen molar-refractivity contribution in [3.05, 3.63) is 24.3 Å². The summed E-state index contributed by atoms with van der Waals surface area (Å²) < 4.78 is 4.96. The van der Waals surface area contributed by atoms with Crippen LogP contribution in [-0.2, 0) is 19.5 Å². The van der Waals surface area contributed by atoms with E-state index in [-0.39, 0.29) is 19.5 Å². The van der Waals surface area contributed by atoms with Crippen molar-refractivity contribution in [3.63, 3.8) is 0 Å². The molecule has 0 fully saturated rings. The van der Waals surface area contributed by atoms with Crippen molar-refractivity contribution in [2.24, 2.45) is 0 Å². The number of hydrogen-bond donors (Lipinski definition) is 0. The predicted octanol–water partition coefficient (Wildman–Crippen LogP) is 1.19. The molecule has 0 amide bonds. The summed E-state index contributed by atoms with van der Waals surface area (Å²) in [6.07, 6.45) is 0. The minimum Gasteiger partial charge on any atom is -0.497 e. The molecule has 0 aliphatic rings. The summed E-state index contributed by atoms with van der Waals surface area (Å²) >= 11 is 0. The molecule has 0 saturated carbocycles. The van der Waals surface area contributed by atoms with E-state index in [4.69, 9.17) is 4.74 Å². The van der Waals surface area contributed by atoms with Gasteiger partial charge in [-0.1, -0.05) is 12.1 Å². The third-order valence-corrected chi connectivity index (χ3v) is 1.50. The first kappa shape index (κ1) is 10.1. The van der Waals surface area contributed by atoms with Crippen molar-refractivity contribution in [2.75, 3.05) is 7.11 Å². The van der Waals surface area contributed by atoms with Gasteiger partial charge in [0.1, 0.15) is 5.75 Å². The molecule has 0 N–H and O–H groups in total. The molecule has 1 unspecified atom stereocenters. The van der Waals surface area contributed by atoms with Gasteiger partial charge < -0.3 is 4.74 Å². The van der Waals surface area contributed by atoms with Gasteiger partial charge in [-0.2, -0.15) is 0 Å². The molecule has 1 aromatic carbocycles. The topological polar surface area (TPSA) is 9.23 Å². The van der Waals surface area contributed by atoms with Crippen molar-refractivity contribution >= 4 is 14.5 Å². The van der Waals surface area contributed by atoms with E-state index in [1.807, 2.05) is 24.3 Å². The van der Waals surface area contributed by atoms with Crippen molar-refractivity contribution < 1.29 is 24.2 Å². The standard InChI is InChI=1S/C7H9OP.Ru/c1-8-6-2-4-7(9)5-3-6;/h2-5H,9H2,1H3;. The Balaban J connectivity index is 0.000000810. The van der Waals surface area contributed by atoms with Gasteiger partial charge in [0.15, 0.2) is 0 Å². The van der Waals surface area contributed by atoms with Crippen LogP contribution in [0.25, 0.3) is 0 Å². The van der Waals surface area contributed by atoms with Crippen LogP contribution in [0, 0.1) is 0 Å². The predicted molar refractivity (Wildman–Crippen MR) is 42.3 cm³/mol. The Morgan fingerprint density at radius 3 is 2.10 bits per heavy atom. The van der Waals surface area contributed by atoms with Crippen LogP contribution in [0.5, 0.6) is 5.75 Å². The molecule has 56 valence electrons. The minimum atomic E-state index is 0. The number of methoxy groups -OCH3 is 1. The molecule has 0 spiro atoms. The van der Waals surface area contributed by atoms with Gasteiger partial charge >= 0.3 is 0 Å². The smallest absolute Gasteiger partial charge is 0.118 e. The second-order valence-electron chi connectivity index (χ2n) is 1.77. The van der Waals surface area contributed by atoms with Crippen LogP contribution in [-0.4, -0.2) is 7.11 Å². The van der Waals surface area contributed by atoms with E-state index in [0.717, 1.165) is 5.75 Å². The van der Waals surface area contributed by atoms with Gasteiger partial charge in [-0.3, -0.25) is 0 Å². The summed E-state index contributed by atoms with van der Waals surface area (Å²) in [6.45, 7) is 0. The van der Waals surface area contributed by atoms with Gasteiger partial charge in [0, 0.05) is 19.5 Å². The molecule has 0 aliphatic heterocycles. The molecule has 1 rings (SSSR count). The molecule has 10 heavy (non-hydrogen) atoms. The van der Waals surface area contributed by atoms with Crippen molar-refractivity contribution in [1.82, 2.24) is 0 Å². The van der Waals surface area contributed by atoms with Gasteiger partial charge in [0.05, 0.1) is 7.11 Å². The van der Waals surface area contributed by atoms with Crippen LogP contribution in [0.1, 0.15) is 0 Å². The van der Waals surface area contributed by atoms with Crippen molar-refractivity contribution in [2.45, 2.75) is 0 Å². The zero-order valence-electron chi connectivity index (χ0n) is 5.65. The van der Waals surface area contributed by atoms with Gasteiger partial charge in [-0.15, -0.1) is 9.24 Å². The zero-order valence-corrected chi connectivity index (χ0v) is 8.54. The van der Waals surface area contributed by atoms with Crippen molar-refractivity contribution in [1.29, 1.82) is 0 Å². The van der Waals surface area contributed by atoms with E-state index in [1.54, 1.807) is 7.11 Å². The fourth-order valence-corrected chi connectivity index (χ4v) is 0.796. The van der Waals surface area contributed by atoms with Crippen LogP contribution in [0.4, 0.5) is 0 Å². The van der Waals surface area contributed by atoms with E-state index in [0.29, 0.717) is 0 Å². The normalized spacial score (nSPS) is 8.20. The fraction of sp³-hybridized carbons (Fsp3) is 0.143. The molecule has 1 nitrogen and oxygen atoms in total. The number of benzene rings is 1. The van der Waals surface area contributed by atoms with Gasteiger partial charge in [0.2, 0.25) is 0 Å². The Labute approximate surface area is 76.1 Å².